The molecule has 0 saturated carbocycles. The largest absolute Gasteiger partial charge is 0.497 e. The molecule has 1 aliphatic rings. The van der Waals surface area contributed by atoms with Crippen molar-refractivity contribution in [2.24, 2.45) is 0 Å². The van der Waals surface area contributed by atoms with E-state index in [9.17, 15) is 9.59 Å². The first-order valence-electron chi connectivity index (χ1n) is 9.14. The average Bonchev–Trinajstić information content (AvgIpc) is 3.10. The zero-order valence-corrected chi connectivity index (χ0v) is 15.5. The first-order valence-corrected chi connectivity index (χ1v) is 9.14. The van der Waals surface area contributed by atoms with Crippen molar-refractivity contribution in [2.75, 3.05) is 13.7 Å². The Balaban J connectivity index is 1.45. The topological polar surface area (TPSA) is 70.7 Å². The maximum atomic E-state index is 12.0. The molecule has 0 unspecified atom stereocenters. The van der Waals surface area contributed by atoms with Crippen molar-refractivity contribution >= 4 is 11.9 Å². The number of hydrogen-bond donors (Lipinski definition) is 2. The Bertz CT molecular complexity index is 790. The molecule has 0 atom stereocenters. The first-order chi connectivity index (χ1) is 13.1. The van der Waals surface area contributed by atoms with Crippen LogP contribution in [0.4, 0.5) is 4.79 Å². The molecule has 3 rings (SSSR count). The second-order valence-electron chi connectivity index (χ2n) is 6.62. The van der Waals surface area contributed by atoms with Gasteiger partial charge in [0.2, 0.25) is 5.91 Å². The predicted molar refractivity (Wildman–Crippen MR) is 103 cm³/mol. The minimum Gasteiger partial charge on any atom is -0.497 e. The zero-order valence-electron chi connectivity index (χ0n) is 15.5. The van der Waals surface area contributed by atoms with E-state index in [-0.39, 0.29) is 11.9 Å². The van der Waals surface area contributed by atoms with E-state index in [0.29, 0.717) is 26.1 Å². The Morgan fingerprint density at radius 2 is 1.74 bits per heavy atom. The fourth-order valence-electron chi connectivity index (χ4n) is 3.10. The van der Waals surface area contributed by atoms with Crippen LogP contribution in [0.5, 0.6) is 5.75 Å². The highest BCUT2D eigenvalue weighted by molar-refractivity contribution is 5.78. The molecule has 0 radical (unpaired) electrons. The van der Waals surface area contributed by atoms with Gasteiger partial charge in [0.15, 0.2) is 0 Å². The van der Waals surface area contributed by atoms with E-state index >= 15 is 0 Å². The van der Waals surface area contributed by atoms with Gasteiger partial charge in [-0.25, -0.2) is 4.79 Å². The minimum atomic E-state index is -0.217. The van der Waals surface area contributed by atoms with Crippen molar-refractivity contribution < 1.29 is 14.3 Å². The van der Waals surface area contributed by atoms with Crippen LogP contribution in [0, 0.1) is 0 Å². The SMILES string of the molecule is COc1ccc(CNC(=O)NCc2cccc(CN3CCCC3=O)c2)cc1. The Hall–Kier alpha value is -3.02. The first kappa shape index (κ1) is 18.8. The van der Waals surface area contributed by atoms with Crippen LogP contribution in [0.25, 0.3) is 0 Å². The Morgan fingerprint density at radius 1 is 1.04 bits per heavy atom. The molecule has 142 valence electrons. The number of nitrogens with zero attached hydrogens (tertiary/aromatic N) is 1. The van der Waals surface area contributed by atoms with Crippen molar-refractivity contribution in [1.82, 2.24) is 15.5 Å². The number of hydrogen-bond acceptors (Lipinski definition) is 3. The highest BCUT2D eigenvalue weighted by atomic mass is 16.5. The molecule has 6 nitrogen and oxygen atoms in total. The van der Waals surface area contributed by atoms with Crippen LogP contribution in [0.3, 0.4) is 0 Å². The molecule has 2 N–H and O–H groups in total. The van der Waals surface area contributed by atoms with Gasteiger partial charge in [-0.3, -0.25) is 4.79 Å². The lowest BCUT2D eigenvalue weighted by Gasteiger charge is -2.16. The Labute approximate surface area is 159 Å². The Morgan fingerprint density at radius 3 is 2.41 bits per heavy atom. The van der Waals surface area contributed by atoms with E-state index in [1.807, 2.05) is 53.4 Å². The predicted octanol–water partition coefficient (Wildman–Crippen LogP) is 2.82. The smallest absolute Gasteiger partial charge is 0.315 e. The van der Waals surface area contributed by atoms with Crippen molar-refractivity contribution in [3.8, 4) is 5.75 Å². The number of urea groups is 1. The zero-order chi connectivity index (χ0) is 19.1. The van der Waals surface area contributed by atoms with E-state index in [0.717, 1.165) is 35.4 Å². The summed E-state index contributed by atoms with van der Waals surface area (Å²) in [6.45, 7) is 2.36. The van der Waals surface area contributed by atoms with Gasteiger partial charge < -0.3 is 20.3 Å². The van der Waals surface area contributed by atoms with Crippen LogP contribution in [0.15, 0.2) is 48.5 Å². The van der Waals surface area contributed by atoms with Gasteiger partial charge in [0, 0.05) is 32.6 Å². The maximum Gasteiger partial charge on any atom is 0.315 e. The van der Waals surface area contributed by atoms with Gasteiger partial charge in [-0.15, -0.1) is 0 Å². The molecular formula is C21H25N3O3. The van der Waals surface area contributed by atoms with Crippen LogP contribution in [0.2, 0.25) is 0 Å². The number of methoxy groups -OCH3 is 1. The molecule has 2 aromatic carbocycles. The summed E-state index contributed by atoms with van der Waals surface area (Å²) in [5.41, 5.74) is 3.10. The average molecular weight is 367 g/mol. The summed E-state index contributed by atoms with van der Waals surface area (Å²) < 4.78 is 5.12. The number of amides is 3. The van der Waals surface area contributed by atoms with Gasteiger partial charge in [-0.05, 0) is 35.2 Å². The van der Waals surface area contributed by atoms with E-state index < -0.39 is 0 Å². The summed E-state index contributed by atoms with van der Waals surface area (Å²) in [5.74, 6) is 1.01. The lowest BCUT2D eigenvalue weighted by atomic mass is 10.1. The normalized spacial score (nSPS) is 13.5. The van der Waals surface area contributed by atoms with Crippen LogP contribution >= 0.6 is 0 Å². The molecule has 1 aliphatic heterocycles. The van der Waals surface area contributed by atoms with Gasteiger partial charge in [0.05, 0.1) is 7.11 Å². The fourth-order valence-corrected chi connectivity index (χ4v) is 3.10. The lowest BCUT2D eigenvalue weighted by Crippen LogP contribution is -2.34. The van der Waals surface area contributed by atoms with Crippen molar-refractivity contribution in [1.29, 1.82) is 0 Å². The monoisotopic (exact) mass is 367 g/mol. The molecule has 0 spiro atoms. The number of carbonyl (C=O) groups is 2. The summed E-state index contributed by atoms with van der Waals surface area (Å²) >= 11 is 0. The number of benzene rings is 2. The molecule has 0 aromatic heterocycles. The lowest BCUT2D eigenvalue weighted by molar-refractivity contribution is -0.128. The third-order valence-corrected chi connectivity index (χ3v) is 4.60. The van der Waals surface area contributed by atoms with Crippen LogP contribution in [-0.4, -0.2) is 30.5 Å². The van der Waals surface area contributed by atoms with Crippen molar-refractivity contribution in [3.63, 3.8) is 0 Å². The molecule has 27 heavy (non-hydrogen) atoms. The third kappa shape index (κ3) is 5.48. The molecule has 1 fully saturated rings. The summed E-state index contributed by atoms with van der Waals surface area (Å²) in [6, 6.07) is 15.3. The molecule has 2 aromatic rings. The highest BCUT2D eigenvalue weighted by Crippen LogP contribution is 2.15. The van der Waals surface area contributed by atoms with E-state index in [4.69, 9.17) is 4.74 Å². The molecule has 0 aliphatic carbocycles. The fraction of sp³-hybridized carbons (Fsp3) is 0.333. The number of rotatable bonds is 7. The highest BCUT2D eigenvalue weighted by Gasteiger charge is 2.19. The van der Waals surface area contributed by atoms with Gasteiger partial charge in [0.1, 0.15) is 5.75 Å². The molecule has 1 saturated heterocycles. The van der Waals surface area contributed by atoms with Crippen LogP contribution in [0.1, 0.15) is 29.5 Å². The number of ether oxygens (including phenoxy) is 1. The molecular weight excluding hydrogens is 342 g/mol. The molecule has 1 heterocycles. The van der Waals surface area contributed by atoms with Gasteiger partial charge in [-0.2, -0.15) is 0 Å². The van der Waals surface area contributed by atoms with Gasteiger partial charge in [-0.1, -0.05) is 36.4 Å². The molecule has 3 amide bonds. The third-order valence-electron chi connectivity index (χ3n) is 4.60. The number of likely N-dealkylation sites (tertiary alicyclic amines) is 1. The molecule has 6 heteroatoms. The van der Waals surface area contributed by atoms with Crippen molar-refractivity contribution in [3.05, 3.63) is 65.2 Å². The maximum absolute atomic E-state index is 12.0. The quantitative estimate of drug-likeness (QED) is 0.791. The van der Waals surface area contributed by atoms with Crippen molar-refractivity contribution in [2.45, 2.75) is 32.5 Å². The summed E-state index contributed by atoms with van der Waals surface area (Å²) in [6.07, 6.45) is 1.59. The minimum absolute atomic E-state index is 0.217. The van der Waals surface area contributed by atoms with Gasteiger partial charge in [0.25, 0.3) is 0 Å². The standard InChI is InChI=1S/C21H25N3O3/c1-27-19-9-7-16(8-10-19)13-22-21(26)23-14-17-4-2-5-18(12-17)15-24-11-3-6-20(24)25/h2,4-5,7-10,12H,3,6,11,13-15H2,1H3,(H2,22,23,26). The van der Waals surface area contributed by atoms with Crippen LogP contribution in [-0.2, 0) is 24.4 Å². The van der Waals surface area contributed by atoms with E-state index in [1.165, 1.54) is 0 Å². The number of carbonyl (C=O) groups excluding carboxylic acids is 2. The number of nitrogens with one attached hydrogen (secondary N) is 2. The summed E-state index contributed by atoms with van der Waals surface area (Å²) in [4.78, 5) is 25.7. The second kappa shape index (κ2) is 9.07. The second-order valence-corrected chi connectivity index (χ2v) is 6.62. The summed E-state index contributed by atoms with van der Waals surface area (Å²) in [7, 11) is 1.62. The Kier molecular flexibility index (Phi) is 6.30. The van der Waals surface area contributed by atoms with E-state index in [1.54, 1.807) is 7.11 Å². The van der Waals surface area contributed by atoms with Gasteiger partial charge >= 0.3 is 6.03 Å². The van der Waals surface area contributed by atoms with E-state index in [2.05, 4.69) is 10.6 Å². The summed E-state index contributed by atoms with van der Waals surface area (Å²) in [5, 5.41) is 5.71. The van der Waals surface area contributed by atoms with Crippen LogP contribution < -0.4 is 15.4 Å². The molecule has 0 bridgehead atoms.